The smallest absolute Gasteiger partial charge is 0.406 e. The second-order valence-electron chi connectivity index (χ2n) is 7.36. The summed E-state index contributed by atoms with van der Waals surface area (Å²) in [5.41, 5.74) is 0.890. The van der Waals surface area contributed by atoms with Crippen LogP contribution in [0.3, 0.4) is 0 Å². The van der Waals surface area contributed by atoms with Crippen molar-refractivity contribution >= 4 is 17.9 Å². The van der Waals surface area contributed by atoms with Crippen LogP contribution in [-0.2, 0) is 6.54 Å². The van der Waals surface area contributed by atoms with Crippen LogP contribution >= 0.6 is 11.9 Å². The molecule has 0 atom stereocenters. The zero-order valence-electron chi connectivity index (χ0n) is 16.5. The first-order chi connectivity index (χ1) is 14.5. The maximum atomic E-state index is 12.4. The second-order valence-corrected chi connectivity index (χ2v) is 8.50. The molecule has 1 aromatic heterocycles. The molecule has 3 heterocycles. The summed E-state index contributed by atoms with van der Waals surface area (Å²) < 4.78 is 43.4. The normalized spacial score (nSPS) is 17.9. The number of hydrogen-bond donors (Lipinski definition) is 0. The van der Waals surface area contributed by atoms with Crippen molar-refractivity contribution in [1.82, 2.24) is 19.2 Å². The van der Waals surface area contributed by atoms with E-state index in [1.54, 1.807) is 30.4 Å². The molecule has 162 valence electrons. The first-order valence-electron chi connectivity index (χ1n) is 10.0. The van der Waals surface area contributed by atoms with Gasteiger partial charge < -0.3 is 9.64 Å². The lowest BCUT2D eigenvalue weighted by Crippen LogP contribution is -2.47. The van der Waals surface area contributed by atoms with Crippen LogP contribution in [0.15, 0.2) is 41.6 Å². The van der Waals surface area contributed by atoms with E-state index in [0.29, 0.717) is 6.54 Å². The number of nitrogens with zero attached hydrogens (tertiary/aromatic N) is 5. The number of aromatic nitrogens is 2. The summed E-state index contributed by atoms with van der Waals surface area (Å²) in [4.78, 5) is 14.3. The zero-order valence-corrected chi connectivity index (χ0v) is 17.3. The predicted molar refractivity (Wildman–Crippen MR) is 109 cm³/mol. The molecule has 0 amide bonds. The van der Waals surface area contributed by atoms with Gasteiger partial charge in [0.2, 0.25) is 5.95 Å². The monoisotopic (exact) mass is 439 g/mol. The van der Waals surface area contributed by atoms with Crippen LogP contribution in [0.25, 0.3) is 0 Å². The lowest BCUT2D eigenvalue weighted by atomic mass is 10.2. The van der Waals surface area contributed by atoms with Crippen molar-refractivity contribution in [3.8, 4) is 5.75 Å². The first-order valence-corrected chi connectivity index (χ1v) is 10.8. The first kappa shape index (κ1) is 21.2. The van der Waals surface area contributed by atoms with Crippen LogP contribution in [0.2, 0.25) is 0 Å². The van der Waals surface area contributed by atoms with E-state index in [2.05, 4.69) is 28.8 Å². The Kier molecular flexibility index (Phi) is 6.64. The number of hydrogen-bond acceptors (Lipinski definition) is 7. The van der Waals surface area contributed by atoms with E-state index in [9.17, 15) is 13.2 Å². The molecule has 1 aromatic carbocycles. The number of anilines is 1. The number of alkyl halides is 3. The van der Waals surface area contributed by atoms with Gasteiger partial charge in [0.25, 0.3) is 0 Å². The van der Waals surface area contributed by atoms with Gasteiger partial charge in [-0.3, -0.25) is 4.90 Å². The molecule has 2 aliphatic heterocycles. The topological polar surface area (TPSA) is 44.7 Å². The molecular weight excluding hydrogens is 415 g/mol. The van der Waals surface area contributed by atoms with Crippen LogP contribution in [0.1, 0.15) is 18.4 Å². The van der Waals surface area contributed by atoms with Crippen molar-refractivity contribution in [2.24, 2.45) is 0 Å². The van der Waals surface area contributed by atoms with E-state index < -0.39 is 6.36 Å². The molecule has 4 rings (SSSR count). The molecule has 2 aliphatic rings. The molecule has 30 heavy (non-hydrogen) atoms. The summed E-state index contributed by atoms with van der Waals surface area (Å²) in [6.07, 6.45) is 1.03. The third kappa shape index (κ3) is 5.77. The maximum absolute atomic E-state index is 12.4. The van der Waals surface area contributed by atoms with Gasteiger partial charge in [-0.2, -0.15) is 0 Å². The van der Waals surface area contributed by atoms with Crippen LogP contribution in [0, 0.1) is 0 Å². The number of piperazine rings is 1. The number of halogens is 3. The third-order valence-corrected chi connectivity index (χ3v) is 6.34. The number of ether oxygens (including phenoxy) is 1. The fraction of sp³-hybridized carbons (Fsp3) is 0.500. The van der Waals surface area contributed by atoms with E-state index in [-0.39, 0.29) is 5.75 Å². The lowest BCUT2D eigenvalue weighted by Gasteiger charge is -2.34. The van der Waals surface area contributed by atoms with Crippen molar-refractivity contribution in [1.29, 1.82) is 0 Å². The van der Waals surface area contributed by atoms with Gasteiger partial charge in [0.05, 0.1) is 0 Å². The van der Waals surface area contributed by atoms with Crippen molar-refractivity contribution in [3.63, 3.8) is 0 Å². The summed E-state index contributed by atoms with van der Waals surface area (Å²) in [6.45, 7) is 6.48. The van der Waals surface area contributed by atoms with E-state index in [1.165, 1.54) is 12.1 Å². The number of fused-ring (bicyclic) bond motifs is 1. The Morgan fingerprint density at radius 2 is 1.73 bits per heavy atom. The Bertz CT molecular complexity index is 831. The Labute approximate surface area is 178 Å². The molecule has 0 bridgehead atoms. The minimum Gasteiger partial charge on any atom is -0.406 e. The molecule has 0 aliphatic carbocycles. The van der Waals surface area contributed by atoms with Gasteiger partial charge in [0, 0.05) is 56.6 Å². The standard InChI is InChI=1S/C20H24F3N5OS/c21-20(22,23)29-17-4-5-18-16(14-17)15-28(30-18)9-2-1-8-26-10-12-27(13-11-26)19-24-6-3-7-25-19/h3-7,14H,1-2,8-13,15H2. The van der Waals surface area contributed by atoms with Crippen molar-refractivity contribution in [2.45, 2.75) is 30.6 Å². The Balaban J connectivity index is 1.15. The summed E-state index contributed by atoms with van der Waals surface area (Å²) in [6, 6.07) is 6.40. The highest BCUT2D eigenvalue weighted by molar-refractivity contribution is 7.97. The summed E-state index contributed by atoms with van der Waals surface area (Å²) >= 11 is 1.61. The SMILES string of the molecule is FC(F)(F)Oc1ccc2c(c1)CN(CCCCN1CCN(c3ncccn3)CC1)S2. The summed E-state index contributed by atoms with van der Waals surface area (Å²) in [7, 11) is 0. The molecule has 0 unspecified atom stereocenters. The molecular formula is C20H24F3N5OS. The van der Waals surface area contributed by atoms with Crippen molar-refractivity contribution in [3.05, 3.63) is 42.2 Å². The van der Waals surface area contributed by atoms with Crippen molar-refractivity contribution < 1.29 is 17.9 Å². The fourth-order valence-corrected chi connectivity index (χ4v) is 4.77. The quantitative estimate of drug-likeness (QED) is 0.480. The molecule has 6 nitrogen and oxygen atoms in total. The van der Waals surface area contributed by atoms with E-state index in [0.717, 1.165) is 68.5 Å². The Hall–Kier alpha value is -2.04. The third-order valence-electron chi connectivity index (χ3n) is 5.18. The van der Waals surface area contributed by atoms with Gasteiger partial charge in [0.15, 0.2) is 0 Å². The van der Waals surface area contributed by atoms with Gasteiger partial charge in [-0.25, -0.2) is 14.3 Å². The molecule has 0 spiro atoms. The molecule has 1 fully saturated rings. The largest absolute Gasteiger partial charge is 0.573 e. The molecule has 2 aromatic rings. The number of benzene rings is 1. The number of rotatable bonds is 7. The van der Waals surface area contributed by atoms with Crippen LogP contribution in [-0.4, -0.2) is 64.8 Å². The summed E-state index contributed by atoms with van der Waals surface area (Å²) in [5.74, 6) is 0.648. The molecule has 0 radical (unpaired) electrons. The van der Waals surface area contributed by atoms with Crippen LogP contribution in [0.4, 0.5) is 19.1 Å². The van der Waals surface area contributed by atoms with Gasteiger partial charge in [-0.1, -0.05) is 0 Å². The Morgan fingerprint density at radius 1 is 1.00 bits per heavy atom. The average molecular weight is 440 g/mol. The fourth-order valence-electron chi connectivity index (χ4n) is 3.70. The van der Waals surface area contributed by atoms with E-state index in [1.807, 2.05) is 6.07 Å². The number of unbranched alkanes of at least 4 members (excludes halogenated alkanes) is 1. The molecule has 1 saturated heterocycles. The van der Waals surface area contributed by atoms with E-state index in [4.69, 9.17) is 0 Å². The minimum atomic E-state index is -4.65. The zero-order chi connectivity index (χ0) is 21.0. The summed E-state index contributed by atoms with van der Waals surface area (Å²) in [5, 5.41) is 0. The highest BCUT2D eigenvalue weighted by Gasteiger charge is 2.32. The van der Waals surface area contributed by atoms with Gasteiger partial charge in [0.1, 0.15) is 5.75 Å². The van der Waals surface area contributed by atoms with Crippen LogP contribution in [0.5, 0.6) is 5.75 Å². The Morgan fingerprint density at radius 3 is 2.47 bits per heavy atom. The second kappa shape index (κ2) is 9.40. The predicted octanol–water partition coefficient (Wildman–Crippen LogP) is 3.80. The van der Waals surface area contributed by atoms with Gasteiger partial charge >= 0.3 is 6.36 Å². The minimum absolute atomic E-state index is 0.149. The highest BCUT2D eigenvalue weighted by Crippen LogP contribution is 2.38. The maximum Gasteiger partial charge on any atom is 0.573 e. The van der Waals surface area contributed by atoms with Crippen LogP contribution < -0.4 is 9.64 Å². The molecule has 0 saturated carbocycles. The van der Waals surface area contributed by atoms with Gasteiger partial charge in [-0.15, -0.1) is 13.2 Å². The highest BCUT2D eigenvalue weighted by atomic mass is 32.2. The van der Waals surface area contributed by atoms with E-state index >= 15 is 0 Å². The molecule has 10 heteroatoms. The van der Waals surface area contributed by atoms with Gasteiger partial charge in [-0.05, 0) is 61.2 Å². The lowest BCUT2D eigenvalue weighted by molar-refractivity contribution is -0.274. The average Bonchev–Trinajstić information content (AvgIpc) is 3.13. The molecule has 0 N–H and O–H groups in total. The van der Waals surface area contributed by atoms with Crippen molar-refractivity contribution in [2.75, 3.05) is 44.2 Å².